The summed E-state index contributed by atoms with van der Waals surface area (Å²) in [7, 11) is 1.45. The molecule has 1 aromatic carbocycles. The van der Waals surface area contributed by atoms with E-state index in [0.717, 1.165) is 16.8 Å². The van der Waals surface area contributed by atoms with Crippen molar-refractivity contribution in [1.82, 2.24) is 15.0 Å². The molecule has 21 heavy (non-hydrogen) atoms. The zero-order chi connectivity index (χ0) is 15.6. The molecule has 1 N–H and O–H groups in total. The maximum Gasteiger partial charge on any atom is 0.417 e. The highest BCUT2D eigenvalue weighted by atomic mass is 32.2. The smallest absolute Gasteiger partial charge is 0.378 e. The zero-order valence-corrected chi connectivity index (χ0v) is 11.5. The Morgan fingerprint density at radius 1 is 1.43 bits per heavy atom. The van der Waals surface area contributed by atoms with Gasteiger partial charge in [-0.05, 0) is 18.2 Å². The van der Waals surface area contributed by atoms with Gasteiger partial charge < -0.3 is 9.29 Å². The van der Waals surface area contributed by atoms with Crippen molar-refractivity contribution < 1.29 is 26.7 Å². The summed E-state index contributed by atoms with van der Waals surface area (Å²) in [6, 6.07) is 2.94. The predicted molar refractivity (Wildman–Crippen MR) is 66.1 cm³/mol. The Bertz CT molecular complexity index is 672. The third kappa shape index (κ3) is 3.46. The number of aromatic nitrogens is 3. The minimum atomic E-state index is -4.75. The zero-order valence-electron chi connectivity index (χ0n) is 10.7. The maximum atomic E-state index is 12.9. The van der Waals surface area contributed by atoms with E-state index in [-0.39, 0.29) is 12.3 Å². The molecule has 0 fully saturated rings. The lowest BCUT2D eigenvalue weighted by atomic mass is 10.2. The van der Waals surface area contributed by atoms with E-state index in [1.807, 2.05) is 0 Å². The van der Waals surface area contributed by atoms with Gasteiger partial charge in [0, 0.05) is 7.11 Å². The van der Waals surface area contributed by atoms with Crippen LogP contribution in [-0.4, -0.2) is 30.9 Å². The predicted octanol–water partition coefficient (Wildman–Crippen LogP) is 2.01. The number of nitrogens with zero attached hydrogens (tertiary/aromatic N) is 3. The second kappa shape index (κ2) is 5.92. The van der Waals surface area contributed by atoms with E-state index in [2.05, 4.69) is 10.3 Å². The van der Waals surface area contributed by atoms with Gasteiger partial charge in [0.05, 0.1) is 29.0 Å². The molecule has 0 radical (unpaired) electrons. The highest BCUT2D eigenvalue weighted by molar-refractivity contribution is 7.79. The van der Waals surface area contributed by atoms with Crippen LogP contribution in [0.3, 0.4) is 0 Å². The first-order valence-electron chi connectivity index (χ1n) is 5.55. The third-order valence-corrected chi connectivity index (χ3v) is 3.29. The van der Waals surface area contributed by atoms with Gasteiger partial charge in [0.1, 0.15) is 5.69 Å². The molecule has 0 aliphatic rings. The first-order valence-corrected chi connectivity index (χ1v) is 6.66. The summed E-state index contributed by atoms with van der Waals surface area (Å²) in [5.74, 6) is 0. The summed E-state index contributed by atoms with van der Waals surface area (Å²) in [5, 5.41) is 7.41. The number of ether oxygens (including phenoxy) is 1. The summed E-state index contributed by atoms with van der Waals surface area (Å²) in [6.07, 6.45) is -3.34. The summed E-state index contributed by atoms with van der Waals surface area (Å²) in [4.78, 5) is -0.705. The van der Waals surface area contributed by atoms with Crippen molar-refractivity contribution in [1.29, 1.82) is 0 Å². The molecule has 0 amide bonds. The highest BCUT2D eigenvalue weighted by Gasteiger charge is 2.35. The SMILES string of the molecule is COCc1cn(-c2ccc(S(=O)O)c(C(F)(F)F)c2)nn1. The van der Waals surface area contributed by atoms with Gasteiger partial charge in [-0.2, -0.15) is 13.2 Å². The van der Waals surface area contributed by atoms with Crippen molar-refractivity contribution in [2.45, 2.75) is 17.7 Å². The largest absolute Gasteiger partial charge is 0.417 e. The van der Waals surface area contributed by atoms with E-state index >= 15 is 0 Å². The molecule has 1 unspecified atom stereocenters. The number of hydrogen-bond acceptors (Lipinski definition) is 4. The summed E-state index contributed by atoms with van der Waals surface area (Å²) >= 11 is -2.73. The van der Waals surface area contributed by atoms with E-state index in [9.17, 15) is 17.4 Å². The monoisotopic (exact) mass is 321 g/mol. The van der Waals surface area contributed by atoms with Gasteiger partial charge in [-0.3, -0.25) is 0 Å². The number of hydrogen-bond donors (Lipinski definition) is 1. The van der Waals surface area contributed by atoms with E-state index in [4.69, 9.17) is 9.29 Å². The highest BCUT2D eigenvalue weighted by Crippen LogP contribution is 2.34. The molecule has 0 spiro atoms. The molecule has 1 atom stereocenters. The van der Waals surface area contributed by atoms with Crippen molar-refractivity contribution in [2.24, 2.45) is 0 Å². The minimum Gasteiger partial charge on any atom is -0.378 e. The standard InChI is InChI=1S/C11H10F3N3O3S/c1-20-6-7-5-17(16-15-7)8-2-3-10(21(18)19)9(4-8)11(12,13)14/h2-5H,6H2,1H3,(H,18,19). The summed E-state index contributed by atoms with van der Waals surface area (Å²) in [6.45, 7) is 0.171. The fraction of sp³-hybridized carbons (Fsp3) is 0.273. The van der Waals surface area contributed by atoms with Crippen LogP contribution in [0.4, 0.5) is 13.2 Å². The van der Waals surface area contributed by atoms with Gasteiger partial charge in [0.2, 0.25) is 0 Å². The van der Waals surface area contributed by atoms with Gasteiger partial charge in [-0.15, -0.1) is 5.10 Å². The Morgan fingerprint density at radius 2 is 2.14 bits per heavy atom. The second-order valence-electron chi connectivity index (χ2n) is 4.01. The average Bonchev–Trinajstić information content (AvgIpc) is 2.86. The van der Waals surface area contributed by atoms with Crippen LogP contribution in [0, 0.1) is 0 Å². The molecule has 6 nitrogen and oxygen atoms in total. The Balaban J connectivity index is 2.48. The van der Waals surface area contributed by atoms with Crippen LogP contribution in [-0.2, 0) is 28.6 Å². The van der Waals surface area contributed by atoms with Crippen molar-refractivity contribution in [3.05, 3.63) is 35.7 Å². The number of methoxy groups -OCH3 is 1. The fourth-order valence-corrected chi connectivity index (χ4v) is 2.22. The lowest BCUT2D eigenvalue weighted by Crippen LogP contribution is -2.11. The lowest BCUT2D eigenvalue weighted by molar-refractivity contribution is -0.139. The van der Waals surface area contributed by atoms with Gasteiger partial charge in [0.25, 0.3) is 0 Å². The van der Waals surface area contributed by atoms with Crippen LogP contribution in [0.5, 0.6) is 0 Å². The Kier molecular flexibility index (Phi) is 4.40. The van der Waals surface area contributed by atoms with E-state index < -0.39 is 27.7 Å². The van der Waals surface area contributed by atoms with Crippen molar-refractivity contribution in [3.63, 3.8) is 0 Å². The van der Waals surface area contributed by atoms with Crippen LogP contribution in [0.25, 0.3) is 5.69 Å². The molecule has 2 rings (SSSR count). The van der Waals surface area contributed by atoms with Crippen LogP contribution in [0.15, 0.2) is 29.3 Å². The lowest BCUT2D eigenvalue weighted by Gasteiger charge is -2.12. The Hall–Kier alpha value is -1.78. The molecular weight excluding hydrogens is 311 g/mol. The molecule has 1 heterocycles. The fourth-order valence-electron chi connectivity index (χ4n) is 1.67. The molecule has 0 saturated heterocycles. The van der Waals surface area contributed by atoms with Crippen LogP contribution in [0.2, 0.25) is 0 Å². The Labute approximate surface area is 119 Å². The number of halogens is 3. The van der Waals surface area contributed by atoms with Crippen molar-refractivity contribution in [2.75, 3.05) is 7.11 Å². The molecular formula is C11H10F3N3O3S. The molecule has 1 aromatic heterocycles. The molecule has 2 aromatic rings. The number of benzene rings is 1. The van der Waals surface area contributed by atoms with Crippen LogP contribution >= 0.6 is 0 Å². The number of alkyl halides is 3. The van der Waals surface area contributed by atoms with Crippen molar-refractivity contribution in [3.8, 4) is 5.69 Å². The molecule has 114 valence electrons. The van der Waals surface area contributed by atoms with Gasteiger partial charge >= 0.3 is 6.18 Å². The normalized spacial score (nSPS) is 13.4. The van der Waals surface area contributed by atoms with Crippen molar-refractivity contribution >= 4 is 11.1 Å². The first kappa shape index (κ1) is 15.6. The van der Waals surface area contributed by atoms with E-state index in [1.165, 1.54) is 19.4 Å². The number of rotatable bonds is 4. The van der Waals surface area contributed by atoms with E-state index in [1.54, 1.807) is 0 Å². The molecule has 10 heteroatoms. The summed E-state index contributed by atoms with van der Waals surface area (Å²) < 4.78 is 64.6. The van der Waals surface area contributed by atoms with E-state index in [0.29, 0.717) is 5.69 Å². The minimum absolute atomic E-state index is 0.0754. The Morgan fingerprint density at radius 3 is 2.71 bits per heavy atom. The maximum absolute atomic E-state index is 12.9. The van der Waals surface area contributed by atoms with Crippen LogP contribution < -0.4 is 0 Å². The molecule has 0 aliphatic carbocycles. The van der Waals surface area contributed by atoms with Gasteiger partial charge in [-0.25, -0.2) is 8.89 Å². The quantitative estimate of drug-likeness (QED) is 0.872. The van der Waals surface area contributed by atoms with Gasteiger partial charge in [-0.1, -0.05) is 5.21 Å². The summed E-state index contributed by atoms with van der Waals surface area (Å²) in [5.41, 5.74) is -0.670. The topological polar surface area (TPSA) is 77.2 Å². The first-order chi connectivity index (χ1) is 9.82. The van der Waals surface area contributed by atoms with Crippen LogP contribution in [0.1, 0.15) is 11.3 Å². The van der Waals surface area contributed by atoms with Gasteiger partial charge in [0.15, 0.2) is 11.1 Å². The second-order valence-corrected chi connectivity index (χ2v) is 4.95. The third-order valence-electron chi connectivity index (χ3n) is 2.55. The molecule has 0 aliphatic heterocycles. The average molecular weight is 321 g/mol. The molecule has 0 saturated carbocycles. The molecule has 0 bridgehead atoms.